The highest BCUT2D eigenvalue weighted by atomic mass is 35.5. The lowest BCUT2D eigenvalue weighted by atomic mass is 10.1. The Morgan fingerprint density at radius 1 is 0.961 bits per heavy atom. The Morgan fingerprint density at radius 3 is 2.22 bits per heavy atom. The molecule has 0 aromatic heterocycles. The number of hydrogen-bond acceptors (Lipinski definition) is 10. The Kier molecular flexibility index (Phi) is 14.9. The number of oxime groups is 1. The van der Waals surface area contributed by atoms with Crippen LogP contribution in [0.2, 0.25) is 10.0 Å². The summed E-state index contributed by atoms with van der Waals surface area (Å²) in [6.45, 7) is 12.5. The number of amides is 4. The summed E-state index contributed by atoms with van der Waals surface area (Å²) in [5.41, 5.74) is -0.0389. The monoisotopic (exact) mass is 748 g/mol. The van der Waals surface area contributed by atoms with E-state index in [2.05, 4.69) is 26.1 Å². The zero-order valence-electron chi connectivity index (χ0n) is 30.0. The maximum absolute atomic E-state index is 13.3. The molecule has 4 heterocycles. The molecule has 6 rings (SSSR count). The Hall–Kier alpha value is -4.56. The standard InChI is InChI=1S/C35H46Cl2N6O8/c1-8-49-42-27-19-28(44)40-31(41-32(46)50-34(2,3)4)38-20-22-17-25(36)30(26(37)18-22)39-29(45)21-43(33(47)51-35(5,6)7)15-9-10-16-48-24-13-11-23(27)12-14-24/h11-14,17-18H,8-10,15-16,19-21H2,1-7H3,(H,39,45)(H2,38,40,41,44,46)/b42-27-. The molecule has 278 valence electrons. The molecule has 0 radical (unpaired) electrons. The van der Waals surface area contributed by atoms with Gasteiger partial charge < -0.3 is 24.4 Å². The van der Waals surface area contributed by atoms with Gasteiger partial charge in [0.2, 0.25) is 17.8 Å². The molecule has 2 aromatic rings. The molecule has 0 saturated heterocycles. The second-order valence-corrected chi connectivity index (χ2v) is 14.3. The first kappa shape index (κ1) is 40.9. The van der Waals surface area contributed by atoms with Crippen LogP contribution in [0.4, 0.5) is 15.3 Å². The van der Waals surface area contributed by atoms with Gasteiger partial charge in [0, 0.05) is 12.1 Å². The molecule has 0 fully saturated rings. The van der Waals surface area contributed by atoms with E-state index in [1.165, 1.54) is 17.0 Å². The summed E-state index contributed by atoms with van der Waals surface area (Å²) in [5.74, 6) is -0.713. The molecule has 3 N–H and O–H groups in total. The molecule has 0 unspecified atom stereocenters. The van der Waals surface area contributed by atoms with E-state index in [0.29, 0.717) is 42.0 Å². The maximum Gasteiger partial charge on any atom is 0.414 e. The smallest absolute Gasteiger partial charge is 0.414 e. The molecular weight excluding hydrogens is 703 g/mol. The molecule has 0 saturated carbocycles. The van der Waals surface area contributed by atoms with E-state index < -0.39 is 35.2 Å². The second-order valence-electron chi connectivity index (χ2n) is 13.4. The molecular formula is C35H46Cl2N6O8. The number of nitrogens with zero attached hydrogens (tertiary/aromatic N) is 3. The Labute approximate surface area is 308 Å². The number of guanidine groups is 1. The number of alkyl carbamates (subject to hydrolysis) is 1. The summed E-state index contributed by atoms with van der Waals surface area (Å²) >= 11 is 13.1. The molecule has 14 nitrogen and oxygen atoms in total. The molecule has 16 heteroatoms. The molecule has 51 heavy (non-hydrogen) atoms. The number of hydrogen-bond donors (Lipinski definition) is 3. The lowest BCUT2D eigenvalue weighted by molar-refractivity contribution is -0.119. The number of anilines is 1. The number of aliphatic imine (C=N–C) groups is 1. The predicted molar refractivity (Wildman–Crippen MR) is 196 cm³/mol. The quantitative estimate of drug-likeness (QED) is 0.286. The fourth-order valence-corrected chi connectivity index (χ4v) is 5.05. The fraction of sp³-hybridized carbons (Fsp3) is 0.486. The highest BCUT2D eigenvalue weighted by molar-refractivity contribution is 6.40. The largest absolute Gasteiger partial charge is 0.494 e. The lowest BCUT2D eigenvalue weighted by Crippen LogP contribution is -2.46. The van der Waals surface area contributed by atoms with Gasteiger partial charge in [-0.1, -0.05) is 28.4 Å². The van der Waals surface area contributed by atoms with Crippen molar-refractivity contribution in [2.45, 2.75) is 85.5 Å². The van der Waals surface area contributed by atoms with E-state index in [-0.39, 0.29) is 54.4 Å². The van der Waals surface area contributed by atoms with Crippen LogP contribution < -0.4 is 20.7 Å². The van der Waals surface area contributed by atoms with Crippen molar-refractivity contribution in [2.24, 2.45) is 10.1 Å². The summed E-state index contributed by atoms with van der Waals surface area (Å²) in [5, 5.41) is 12.1. The normalized spacial score (nSPS) is 16.3. The molecule has 0 spiro atoms. The minimum absolute atomic E-state index is 0.0904. The first-order valence-electron chi connectivity index (χ1n) is 16.4. The van der Waals surface area contributed by atoms with Gasteiger partial charge in [0.15, 0.2) is 0 Å². The number of benzene rings is 2. The minimum Gasteiger partial charge on any atom is -0.494 e. The van der Waals surface area contributed by atoms with Gasteiger partial charge in [0.05, 0.1) is 41.0 Å². The van der Waals surface area contributed by atoms with E-state index >= 15 is 0 Å². The van der Waals surface area contributed by atoms with Crippen molar-refractivity contribution in [3.63, 3.8) is 0 Å². The van der Waals surface area contributed by atoms with Crippen LogP contribution in [0.1, 0.15) is 78.9 Å². The van der Waals surface area contributed by atoms with Crippen LogP contribution in [0, 0.1) is 0 Å². The van der Waals surface area contributed by atoms with Crippen LogP contribution in [-0.4, -0.2) is 78.1 Å². The van der Waals surface area contributed by atoms with Crippen LogP contribution in [0.3, 0.4) is 0 Å². The predicted octanol–water partition coefficient (Wildman–Crippen LogP) is 6.67. The third kappa shape index (κ3) is 14.7. The van der Waals surface area contributed by atoms with Crippen molar-refractivity contribution in [3.05, 3.63) is 57.6 Å². The third-order valence-corrected chi connectivity index (χ3v) is 7.16. The van der Waals surface area contributed by atoms with Gasteiger partial charge in [-0.2, -0.15) is 0 Å². The van der Waals surface area contributed by atoms with Gasteiger partial charge in [0.25, 0.3) is 0 Å². The summed E-state index contributed by atoms with van der Waals surface area (Å²) in [4.78, 5) is 63.1. The Balaban J connectivity index is 1.98. The third-order valence-electron chi connectivity index (χ3n) is 6.56. The SMILES string of the molecule is CCO/N=C1/CC(=O)NC(NC(=O)OC(C)(C)C)=NCc2cc(Cl)c(c(Cl)c2)NC(=O)CN(C(=O)OC(C)(C)C)CCCCOc2ccc1cc2. The first-order valence-corrected chi connectivity index (χ1v) is 17.2. The van der Waals surface area contributed by atoms with Crippen LogP contribution >= 0.6 is 23.2 Å². The Morgan fingerprint density at radius 2 is 1.61 bits per heavy atom. The number of rotatable bonds is 2. The van der Waals surface area contributed by atoms with Gasteiger partial charge in [-0.3, -0.25) is 25.1 Å². The molecule has 4 amide bonds. The fourth-order valence-electron chi connectivity index (χ4n) is 4.43. The number of nitrogens with one attached hydrogen (secondary N) is 3. The Bertz CT molecular complexity index is 1590. The topological polar surface area (TPSA) is 169 Å². The summed E-state index contributed by atoms with van der Waals surface area (Å²) in [6, 6.07) is 10.0. The van der Waals surface area contributed by atoms with E-state index in [9.17, 15) is 19.2 Å². The van der Waals surface area contributed by atoms with Crippen molar-refractivity contribution in [2.75, 3.05) is 31.6 Å². The number of carbonyl (C=O) groups excluding carboxylic acids is 4. The molecule has 2 aromatic carbocycles. The summed E-state index contributed by atoms with van der Waals surface area (Å²) < 4.78 is 16.8. The molecule has 0 aliphatic carbocycles. The molecule has 4 bridgehead atoms. The van der Waals surface area contributed by atoms with Gasteiger partial charge in [0.1, 0.15) is 30.1 Å². The van der Waals surface area contributed by atoms with Crippen molar-refractivity contribution in [1.82, 2.24) is 15.5 Å². The molecule has 4 aliphatic heterocycles. The molecule has 4 aliphatic rings. The highest BCUT2D eigenvalue weighted by Crippen LogP contribution is 2.32. The second kappa shape index (κ2) is 18.6. The van der Waals surface area contributed by atoms with Gasteiger partial charge in [-0.15, -0.1) is 0 Å². The average molecular weight is 750 g/mol. The van der Waals surface area contributed by atoms with Crippen LogP contribution in [0.15, 0.2) is 46.5 Å². The first-order chi connectivity index (χ1) is 23.9. The van der Waals surface area contributed by atoms with Crippen molar-refractivity contribution in [3.8, 4) is 5.75 Å². The summed E-state index contributed by atoms with van der Waals surface area (Å²) in [6.07, 6.45) is -0.626. The minimum atomic E-state index is -0.844. The number of carbonyl (C=O) groups is 4. The zero-order valence-corrected chi connectivity index (χ0v) is 31.5. The lowest BCUT2D eigenvalue weighted by Gasteiger charge is -2.27. The van der Waals surface area contributed by atoms with Gasteiger partial charge in [-0.05, 0) is 103 Å². The van der Waals surface area contributed by atoms with E-state index in [4.69, 9.17) is 42.3 Å². The van der Waals surface area contributed by atoms with Gasteiger partial charge >= 0.3 is 12.2 Å². The van der Waals surface area contributed by atoms with Crippen molar-refractivity contribution < 1.29 is 38.2 Å². The van der Waals surface area contributed by atoms with E-state index in [1.54, 1.807) is 72.7 Å². The van der Waals surface area contributed by atoms with Gasteiger partial charge in [-0.25, -0.2) is 14.6 Å². The summed E-state index contributed by atoms with van der Waals surface area (Å²) in [7, 11) is 0. The molecule has 0 atom stereocenters. The van der Waals surface area contributed by atoms with E-state index in [0.717, 1.165) is 0 Å². The number of halogens is 2. The maximum atomic E-state index is 13.3. The highest BCUT2D eigenvalue weighted by Gasteiger charge is 2.25. The van der Waals surface area contributed by atoms with Crippen LogP contribution in [-0.2, 0) is 30.4 Å². The zero-order chi connectivity index (χ0) is 37.8. The average Bonchev–Trinajstić information content (AvgIpc) is 3.01. The van der Waals surface area contributed by atoms with E-state index in [1.807, 2.05) is 0 Å². The number of ether oxygens (including phenoxy) is 3. The van der Waals surface area contributed by atoms with Crippen molar-refractivity contribution in [1.29, 1.82) is 0 Å². The van der Waals surface area contributed by atoms with Crippen LogP contribution in [0.5, 0.6) is 5.75 Å². The van der Waals surface area contributed by atoms with Crippen molar-refractivity contribution >= 4 is 64.6 Å². The van der Waals surface area contributed by atoms with Crippen LogP contribution in [0.25, 0.3) is 0 Å².